The first-order valence-electron chi connectivity index (χ1n) is 5.70. The van der Waals surface area contributed by atoms with Gasteiger partial charge in [0.25, 0.3) is 0 Å². The van der Waals surface area contributed by atoms with Crippen molar-refractivity contribution in [3.8, 4) is 0 Å². The van der Waals surface area contributed by atoms with Crippen LogP contribution < -0.4 is 5.32 Å². The van der Waals surface area contributed by atoms with Crippen LogP contribution in [0.25, 0.3) is 0 Å². The summed E-state index contributed by atoms with van der Waals surface area (Å²) in [5, 5.41) is 2.87. The van der Waals surface area contributed by atoms with Gasteiger partial charge < -0.3 is 10.2 Å². The fourth-order valence-corrected chi connectivity index (χ4v) is 2.48. The van der Waals surface area contributed by atoms with Crippen molar-refractivity contribution in [3.05, 3.63) is 28.7 Å². The van der Waals surface area contributed by atoms with Crippen molar-refractivity contribution in [3.63, 3.8) is 0 Å². The first-order valence-corrected chi connectivity index (χ1v) is 6.57. The summed E-state index contributed by atoms with van der Waals surface area (Å²) in [6.45, 7) is 6.82. The summed E-state index contributed by atoms with van der Waals surface area (Å²) in [5.74, 6) is -0.213. The van der Waals surface area contributed by atoms with Gasteiger partial charge in [0, 0.05) is 18.0 Å². The summed E-state index contributed by atoms with van der Waals surface area (Å²) in [7, 11) is 0. The zero-order chi connectivity index (χ0) is 13.1. The first-order chi connectivity index (χ1) is 8.61. The van der Waals surface area contributed by atoms with E-state index in [1.54, 1.807) is 10.4 Å². The summed E-state index contributed by atoms with van der Waals surface area (Å²) in [5.41, 5.74) is 2.72. The zero-order valence-electron chi connectivity index (χ0n) is 10.2. The van der Waals surface area contributed by atoms with Gasteiger partial charge >= 0.3 is 0 Å². The molecule has 96 valence electrons. The molecule has 1 saturated heterocycles. The molecule has 6 heteroatoms. The Balaban J connectivity index is 1.76. The summed E-state index contributed by atoms with van der Waals surface area (Å²) in [6, 6.07) is 0. The Kier molecular flexibility index (Phi) is 3.76. The van der Waals surface area contributed by atoms with Gasteiger partial charge in [0.15, 0.2) is 0 Å². The highest BCUT2D eigenvalue weighted by molar-refractivity contribution is 7.09. The van der Waals surface area contributed by atoms with E-state index >= 15 is 0 Å². The Morgan fingerprint density at radius 3 is 2.94 bits per heavy atom. The molecular weight excluding hydrogens is 250 g/mol. The highest BCUT2D eigenvalue weighted by atomic mass is 32.1. The number of nitrogens with one attached hydrogen (secondary N) is 1. The Morgan fingerprint density at radius 1 is 1.67 bits per heavy atom. The molecule has 2 amide bonds. The van der Waals surface area contributed by atoms with Gasteiger partial charge in [-0.2, -0.15) is 0 Å². The number of carbonyl (C=O) groups is 2. The monoisotopic (exact) mass is 265 g/mol. The van der Waals surface area contributed by atoms with E-state index in [0.717, 1.165) is 10.6 Å². The highest BCUT2D eigenvalue weighted by Gasteiger charge is 2.34. The van der Waals surface area contributed by atoms with Crippen molar-refractivity contribution in [1.29, 1.82) is 0 Å². The smallest absolute Gasteiger partial charge is 0.246 e. The number of rotatable bonds is 4. The number of likely N-dealkylation sites (tertiary alicyclic amines) is 1. The lowest BCUT2D eigenvalue weighted by molar-refractivity contribution is -0.139. The summed E-state index contributed by atoms with van der Waals surface area (Å²) in [4.78, 5) is 29.8. The van der Waals surface area contributed by atoms with E-state index in [-0.39, 0.29) is 17.7 Å². The van der Waals surface area contributed by atoms with Crippen LogP contribution in [0.1, 0.15) is 10.6 Å². The lowest BCUT2D eigenvalue weighted by Gasteiger charge is -2.37. The maximum Gasteiger partial charge on any atom is 0.246 e. The second-order valence-corrected chi connectivity index (χ2v) is 5.16. The van der Waals surface area contributed by atoms with E-state index in [1.165, 1.54) is 17.4 Å². The molecule has 0 spiro atoms. The molecule has 2 rings (SSSR count). The van der Waals surface area contributed by atoms with E-state index in [0.29, 0.717) is 19.6 Å². The van der Waals surface area contributed by atoms with Crippen LogP contribution in [0.15, 0.2) is 18.2 Å². The fourth-order valence-electron chi connectivity index (χ4n) is 1.76. The topological polar surface area (TPSA) is 62.3 Å². The molecule has 1 aromatic heterocycles. The van der Waals surface area contributed by atoms with E-state index in [1.807, 2.05) is 6.92 Å². The number of carbonyl (C=O) groups excluding carboxylic acids is 2. The Morgan fingerprint density at radius 2 is 2.39 bits per heavy atom. The Labute approximate surface area is 110 Å². The van der Waals surface area contributed by atoms with Gasteiger partial charge in [-0.15, -0.1) is 11.3 Å². The van der Waals surface area contributed by atoms with Gasteiger partial charge in [-0.25, -0.2) is 4.98 Å². The van der Waals surface area contributed by atoms with Crippen molar-refractivity contribution in [1.82, 2.24) is 15.2 Å². The molecule has 0 saturated carbocycles. The number of amides is 2. The number of aromatic nitrogens is 1. The largest absolute Gasteiger partial charge is 0.351 e. The molecule has 1 N–H and O–H groups in total. The van der Waals surface area contributed by atoms with Gasteiger partial charge in [-0.05, 0) is 13.0 Å². The highest BCUT2D eigenvalue weighted by Crippen LogP contribution is 2.17. The molecule has 1 aliphatic rings. The van der Waals surface area contributed by atoms with E-state index in [2.05, 4.69) is 16.9 Å². The van der Waals surface area contributed by atoms with Crippen LogP contribution in [-0.2, 0) is 16.1 Å². The average Bonchev–Trinajstić information content (AvgIpc) is 2.70. The molecule has 0 aliphatic carbocycles. The van der Waals surface area contributed by atoms with E-state index in [9.17, 15) is 9.59 Å². The fraction of sp³-hybridized carbons (Fsp3) is 0.417. The number of nitrogens with zero attached hydrogens (tertiary/aromatic N) is 2. The minimum absolute atomic E-state index is 0.00378. The van der Waals surface area contributed by atoms with Gasteiger partial charge in [-0.1, -0.05) is 6.58 Å². The van der Waals surface area contributed by atoms with Gasteiger partial charge in [0.05, 0.1) is 23.7 Å². The van der Waals surface area contributed by atoms with Crippen LogP contribution in [0.4, 0.5) is 0 Å². The quantitative estimate of drug-likeness (QED) is 0.816. The van der Waals surface area contributed by atoms with Crippen molar-refractivity contribution >= 4 is 23.2 Å². The van der Waals surface area contributed by atoms with Crippen LogP contribution in [0.5, 0.6) is 0 Å². The second kappa shape index (κ2) is 5.30. The van der Waals surface area contributed by atoms with Crippen LogP contribution in [0, 0.1) is 12.8 Å². The molecule has 1 aliphatic heterocycles. The predicted molar refractivity (Wildman–Crippen MR) is 69.0 cm³/mol. The number of thiazole rings is 1. The Hall–Kier alpha value is -1.69. The number of hydrogen-bond acceptors (Lipinski definition) is 4. The zero-order valence-corrected chi connectivity index (χ0v) is 11.0. The van der Waals surface area contributed by atoms with Crippen molar-refractivity contribution < 1.29 is 9.59 Å². The number of hydrogen-bond donors (Lipinski definition) is 1. The molecular formula is C12H15N3O2S. The lowest BCUT2D eigenvalue weighted by Crippen LogP contribution is -2.55. The van der Waals surface area contributed by atoms with E-state index < -0.39 is 0 Å². The molecule has 5 nitrogen and oxygen atoms in total. The third-order valence-electron chi connectivity index (χ3n) is 3.01. The third kappa shape index (κ3) is 2.59. The molecule has 0 radical (unpaired) electrons. The normalized spacial score (nSPS) is 15.1. The summed E-state index contributed by atoms with van der Waals surface area (Å²) >= 11 is 1.53. The maximum atomic E-state index is 11.8. The third-order valence-corrected chi connectivity index (χ3v) is 3.94. The van der Waals surface area contributed by atoms with Crippen LogP contribution in [0.2, 0.25) is 0 Å². The summed E-state index contributed by atoms with van der Waals surface area (Å²) in [6.07, 6.45) is 1.27. The van der Waals surface area contributed by atoms with Crippen molar-refractivity contribution in [2.24, 2.45) is 5.92 Å². The van der Waals surface area contributed by atoms with Crippen LogP contribution in [-0.4, -0.2) is 34.8 Å². The van der Waals surface area contributed by atoms with E-state index in [4.69, 9.17) is 0 Å². The molecule has 0 aromatic carbocycles. The van der Waals surface area contributed by atoms with Crippen molar-refractivity contribution in [2.45, 2.75) is 13.5 Å². The minimum Gasteiger partial charge on any atom is -0.351 e. The minimum atomic E-state index is -0.114. The number of aryl methyl sites for hydroxylation is 1. The molecule has 0 bridgehead atoms. The van der Waals surface area contributed by atoms with Crippen LogP contribution in [0.3, 0.4) is 0 Å². The standard InChI is InChI=1S/C12H15N3O2S/c1-3-11(16)15-5-9(6-15)12(17)13-4-10-8(2)14-7-18-10/h3,7,9H,1,4-6H2,2H3,(H,13,17). The van der Waals surface area contributed by atoms with Gasteiger partial charge in [-0.3, -0.25) is 9.59 Å². The second-order valence-electron chi connectivity index (χ2n) is 4.22. The summed E-state index contributed by atoms with van der Waals surface area (Å²) < 4.78 is 0. The predicted octanol–water partition coefficient (Wildman–Crippen LogP) is 0.712. The molecule has 1 aromatic rings. The SMILES string of the molecule is C=CC(=O)N1CC(C(=O)NCc2scnc2C)C1. The Bertz CT molecular complexity index is 477. The molecule has 2 heterocycles. The van der Waals surface area contributed by atoms with Crippen LogP contribution >= 0.6 is 11.3 Å². The first kappa shape index (κ1) is 12.8. The maximum absolute atomic E-state index is 11.8. The lowest BCUT2D eigenvalue weighted by atomic mass is 9.99. The molecule has 0 atom stereocenters. The van der Waals surface area contributed by atoms with Crippen molar-refractivity contribution in [2.75, 3.05) is 13.1 Å². The molecule has 1 fully saturated rings. The van der Waals surface area contributed by atoms with Gasteiger partial charge in [0.2, 0.25) is 11.8 Å². The van der Waals surface area contributed by atoms with Gasteiger partial charge in [0.1, 0.15) is 0 Å². The average molecular weight is 265 g/mol. The molecule has 18 heavy (non-hydrogen) atoms. The molecule has 0 unspecified atom stereocenters.